The Labute approximate surface area is 130 Å². The Hall–Kier alpha value is -1.79. The van der Waals surface area contributed by atoms with Crippen molar-refractivity contribution in [2.45, 2.75) is 16.6 Å². The van der Waals surface area contributed by atoms with E-state index in [-0.39, 0.29) is 17.1 Å². The minimum absolute atomic E-state index is 0.0329. The standard InChI is InChI=1S/C15H13NO3S2/c1-19-15(18)11-6-7-13(21-11)16-14(17)12-8-9-4-2-3-5-10(9)20-12/h2-7,12H,8H2,1H3,(H,16,17)/t12-/m0/s1. The smallest absolute Gasteiger partial charge is 0.348 e. The summed E-state index contributed by atoms with van der Waals surface area (Å²) in [4.78, 5) is 25.3. The molecule has 0 fully saturated rings. The highest BCUT2D eigenvalue weighted by molar-refractivity contribution is 8.01. The van der Waals surface area contributed by atoms with Crippen molar-refractivity contribution in [1.82, 2.24) is 0 Å². The van der Waals surface area contributed by atoms with Crippen LogP contribution in [-0.2, 0) is 16.0 Å². The normalized spacial score (nSPS) is 16.3. The minimum Gasteiger partial charge on any atom is -0.465 e. The van der Waals surface area contributed by atoms with E-state index in [1.54, 1.807) is 23.9 Å². The monoisotopic (exact) mass is 319 g/mol. The molecular weight excluding hydrogens is 306 g/mol. The van der Waals surface area contributed by atoms with Crippen molar-refractivity contribution in [3.63, 3.8) is 0 Å². The van der Waals surface area contributed by atoms with Crippen LogP contribution in [0.2, 0.25) is 0 Å². The molecule has 1 amide bonds. The maximum absolute atomic E-state index is 12.3. The number of methoxy groups -OCH3 is 1. The summed E-state index contributed by atoms with van der Waals surface area (Å²) < 4.78 is 4.65. The molecule has 1 aliphatic rings. The Kier molecular flexibility index (Phi) is 3.98. The maximum atomic E-state index is 12.3. The number of amides is 1. The molecule has 21 heavy (non-hydrogen) atoms. The average Bonchev–Trinajstić information content (AvgIpc) is 3.12. The number of esters is 1. The van der Waals surface area contributed by atoms with Gasteiger partial charge in [-0.2, -0.15) is 0 Å². The van der Waals surface area contributed by atoms with Gasteiger partial charge in [-0.05, 0) is 30.2 Å². The third kappa shape index (κ3) is 2.96. The van der Waals surface area contributed by atoms with Crippen molar-refractivity contribution in [1.29, 1.82) is 0 Å². The van der Waals surface area contributed by atoms with Crippen LogP contribution in [-0.4, -0.2) is 24.2 Å². The van der Waals surface area contributed by atoms with Gasteiger partial charge in [0.2, 0.25) is 5.91 Å². The number of thioether (sulfide) groups is 1. The molecule has 2 heterocycles. The van der Waals surface area contributed by atoms with Crippen LogP contribution in [0.4, 0.5) is 5.00 Å². The highest BCUT2D eigenvalue weighted by Gasteiger charge is 2.28. The van der Waals surface area contributed by atoms with Crippen molar-refractivity contribution in [3.05, 3.63) is 46.8 Å². The molecule has 1 aromatic carbocycles. The van der Waals surface area contributed by atoms with Gasteiger partial charge < -0.3 is 10.1 Å². The lowest BCUT2D eigenvalue weighted by Crippen LogP contribution is -2.24. The first-order chi connectivity index (χ1) is 10.2. The number of ether oxygens (including phenoxy) is 1. The summed E-state index contributed by atoms with van der Waals surface area (Å²) in [5.74, 6) is -0.419. The van der Waals surface area contributed by atoms with Crippen LogP contribution >= 0.6 is 23.1 Å². The molecule has 0 bridgehead atoms. The van der Waals surface area contributed by atoms with Gasteiger partial charge >= 0.3 is 5.97 Å². The van der Waals surface area contributed by atoms with Gasteiger partial charge in [-0.25, -0.2) is 4.79 Å². The number of thiophene rings is 1. The number of hydrogen-bond donors (Lipinski definition) is 1. The molecule has 3 rings (SSSR count). The zero-order valence-electron chi connectivity index (χ0n) is 11.3. The lowest BCUT2D eigenvalue weighted by molar-refractivity contribution is -0.115. The second kappa shape index (κ2) is 5.91. The summed E-state index contributed by atoms with van der Waals surface area (Å²) in [5.41, 5.74) is 1.21. The van der Waals surface area contributed by atoms with Crippen LogP contribution in [0, 0.1) is 0 Å². The van der Waals surface area contributed by atoms with Gasteiger partial charge in [0, 0.05) is 4.90 Å². The predicted molar refractivity (Wildman–Crippen MR) is 84.1 cm³/mol. The molecule has 0 saturated carbocycles. The van der Waals surface area contributed by atoms with E-state index in [4.69, 9.17) is 0 Å². The third-order valence-electron chi connectivity index (χ3n) is 3.18. The molecule has 2 aromatic rings. The highest BCUT2D eigenvalue weighted by Crippen LogP contribution is 2.37. The van der Waals surface area contributed by atoms with Gasteiger partial charge in [0.05, 0.1) is 17.4 Å². The van der Waals surface area contributed by atoms with Gasteiger partial charge in [0.15, 0.2) is 0 Å². The zero-order valence-corrected chi connectivity index (χ0v) is 12.9. The van der Waals surface area contributed by atoms with Gasteiger partial charge in [-0.15, -0.1) is 23.1 Å². The molecular formula is C15H13NO3S2. The fourth-order valence-corrected chi connectivity index (χ4v) is 4.17. The Morgan fingerprint density at radius 2 is 2.05 bits per heavy atom. The molecule has 1 N–H and O–H groups in total. The minimum atomic E-state index is -0.386. The Bertz CT molecular complexity index is 671. The van der Waals surface area contributed by atoms with E-state index in [2.05, 4.69) is 16.1 Å². The summed E-state index contributed by atoms with van der Waals surface area (Å²) in [6.07, 6.45) is 0.738. The highest BCUT2D eigenvalue weighted by atomic mass is 32.2. The Morgan fingerprint density at radius 3 is 2.81 bits per heavy atom. The van der Waals surface area contributed by atoms with E-state index < -0.39 is 0 Å². The quantitative estimate of drug-likeness (QED) is 0.883. The number of anilines is 1. The lowest BCUT2D eigenvalue weighted by Gasteiger charge is -2.07. The Morgan fingerprint density at radius 1 is 1.24 bits per heavy atom. The first-order valence-corrected chi connectivity index (χ1v) is 8.10. The maximum Gasteiger partial charge on any atom is 0.348 e. The van der Waals surface area contributed by atoms with Gasteiger partial charge in [-0.1, -0.05) is 18.2 Å². The van der Waals surface area contributed by atoms with Crippen LogP contribution < -0.4 is 5.32 Å². The number of rotatable bonds is 3. The van der Waals surface area contributed by atoms with Crippen molar-refractivity contribution >= 4 is 40.0 Å². The fraction of sp³-hybridized carbons (Fsp3) is 0.200. The van der Waals surface area contributed by atoms with Gasteiger partial charge in [0.25, 0.3) is 0 Å². The van der Waals surface area contributed by atoms with Gasteiger partial charge in [-0.3, -0.25) is 4.79 Å². The molecule has 0 unspecified atom stereocenters. The second-order valence-corrected chi connectivity index (χ2v) is 6.89. The van der Waals surface area contributed by atoms with Crippen LogP contribution in [0.1, 0.15) is 15.2 Å². The summed E-state index contributed by atoms with van der Waals surface area (Å²) in [7, 11) is 1.34. The van der Waals surface area contributed by atoms with E-state index >= 15 is 0 Å². The molecule has 108 valence electrons. The first-order valence-electron chi connectivity index (χ1n) is 6.41. The number of nitrogens with one attached hydrogen (secondary N) is 1. The first kappa shape index (κ1) is 14.2. The van der Waals surface area contributed by atoms with Crippen LogP contribution in [0.5, 0.6) is 0 Å². The molecule has 0 aliphatic carbocycles. The van der Waals surface area contributed by atoms with Crippen molar-refractivity contribution in [2.24, 2.45) is 0 Å². The van der Waals surface area contributed by atoms with Crippen LogP contribution in [0.25, 0.3) is 0 Å². The number of fused-ring (bicyclic) bond motifs is 1. The van der Waals surface area contributed by atoms with E-state index in [9.17, 15) is 9.59 Å². The number of hydrogen-bond acceptors (Lipinski definition) is 5. The van der Waals surface area contributed by atoms with Crippen molar-refractivity contribution in [2.75, 3.05) is 12.4 Å². The molecule has 4 nitrogen and oxygen atoms in total. The summed E-state index contributed by atoms with van der Waals surface area (Å²) in [6.45, 7) is 0. The third-order valence-corrected chi connectivity index (χ3v) is 5.48. The summed E-state index contributed by atoms with van der Waals surface area (Å²) in [6, 6.07) is 11.4. The topological polar surface area (TPSA) is 55.4 Å². The summed E-state index contributed by atoms with van der Waals surface area (Å²) >= 11 is 2.80. The molecule has 0 saturated heterocycles. The number of carbonyl (C=O) groups excluding carboxylic acids is 2. The van der Waals surface area contributed by atoms with E-state index in [1.165, 1.54) is 28.9 Å². The van der Waals surface area contributed by atoms with E-state index in [0.717, 1.165) is 6.42 Å². The zero-order chi connectivity index (χ0) is 14.8. The lowest BCUT2D eigenvalue weighted by atomic mass is 10.1. The SMILES string of the molecule is COC(=O)c1ccc(NC(=O)[C@@H]2Cc3ccccc3S2)s1. The van der Waals surface area contributed by atoms with E-state index in [1.807, 2.05) is 18.2 Å². The van der Waals surface area contributed by atoms with Crippen LogP contribution in [0.15, 0.2) is 41.3 Å². The number of benzene rings is 1. The van der Waals surface area contributed by atoms with Crippen LogP contribution in [0.3, 0.4) is 0 Å². The summed E-state index contributed by atoms with van der Waals surface area (Å²) in [5, 5.41) is 3.41. The molecule has 6 heteroatoms. The molecule has 0 spiro atoms. The molecule has 1 aliphatic heterocycles. The molecule has 1 aromatic heterocycles. The Balaban J connectivity index is 1.65. The average molecular weight is 319 g/mol. The van der Waals surface area contributed by atoms with E-state index in [0.29, 0.717) is 9.88 Å². The van der Waals surface area contributed by atoms with Crippen molar-refractivity contribution in [3.8, 4) is 0 Å². The second-order valence-electron chi connectivity index (χ2n) is 4.56. The predicted octanol–water partition coefficient (Wildman–Crippen LogP) is 3.19. The molecule has 1 atom stereocenters. The van der Waals surface area contributed by atoms with Gasteiger partial charge in [0.1, 0.15) is 4.88 Å². The fourth-order valence-electron chi connectivity index (χ4n) is 2.15. The molecule has 0 radical (unpaired) electrons. The van der Waals surface area contributed by atoms with Crippen molar-refractivity contribution < 1.29 is 14.3 Å². The number of carbonyl (C=O) groups is 2. The largest absolute Gasteiger partial charge is 0.465 e.